The first kappa shape index (κ1) is 18.8. The number of benzene rings is 1. The molecule has 0 radical (unpaired) electrons. The van der Waals surface area contributed by atoms with Gasteiger partial charge in [0.05, 0.1) is 6.10 Å². The molecule has 2 saturated carbocycles. The highest BCUT2D eigenvalue weighted by Crippen LogP contribution is 2.70. The highest BCUT2D eigenvalue weighted by Gasteiger charge is 2.68. The molecule has 148 valence electrons. The minimum atomic E-state index is 0.0601. The van der Waals surface area contributed by atoms with Crippen molar-refractivity contribution in [3.8, 4) is 5.75 Å². The summed E-state index contributed by atoms with van der Waals surface area (Å²) in [5.74, 6) is 1.90. The highest BCUT2D eigenvalue weighted by atomic mass is 16.5. The lowest BCUT2D eigenvalue weighted by Crippen LogP contribution is -2.59. The van der Waals surface area contributed by atoms with Gasteiger partial charge >= 0.3 is 0 Å². The zero-order valence-electron chi connectivity index (χ0n) is 17.0. The first-order chi connectivity index (χ1) is 12.7. The van der Waals surface area contributed by atoms with Crippen molar-refractivity contribution in [2.24, 2.45) is 28.6 Å². The van der Waals surface area contributed by atoms with Crippen LogP contribution in [0, 0.1) is 28.6 Å². The molecule has 1 spiro atoms. The lowest BCUT2D eigenvalue weighted by molar-refractivity contribution is -0.137. The molecule has 1 heterocycles. The molecule has 1 aliphatic heterocycles. The molecule has 2 aliphatic carbocycles. The smallest absolute Gasteiger partial charge is 0.220 e. The number of carbonyl (C=O) groups is 1. The number of carbonyl (C=O) groups excluding carboxylic acids is 1. The van der Waals surface area contributed by atoms with Crippen molar-refractivity contribution in [2.45, 2.75) is 65.5 Å². The fraction of sp³-hybridized carbons (Fsp3) is 0.696. The Morgan fingerprint density at radius 3 is 2.67 bits per heavy atom. The van der Waals surface area contributed by atoms with Gasteiger partial charge in [-0.2, -0.15) is 0 Å². The van der Waals surface area contributed by atoms with E-state index in [9.17, 15) is 9.90 Å². The molecule has 2 bridgehead atoms. The van der Waals surface area contributed by atoms with Crippen molar-refractivity contribution in [3.05, 3.63) is 29.8 Å². The molecule has 1 aromatic carbocycles. The second kappa shape index (κ2) is 6.51. The van der Waals surface area contributed by atoms with Crippen molar-refractivity contribution in [2.75, 3.05) is 6.61 Å². The van der Waals surface area contributed by atoms with Crippen LogP contribution in [0.2, 0.25) is 0 Å². The van der Waals surface area contributed by atoms with Crippen LogP contribution >= 0.6 is 0 Å². The van der Waals surface area contributed by atoms with E-state index in [1.54, 1.807) is 12.1 Å². The van der Waals surface area contributed by atoms with Gasteiger partial charge in [-0.1, -0.05) is 39.8 Å². The summed E-state index contributed by atoms with van der Waals surface area (Å²) >= 11 is 0. The third-order valence-corrected chi connectivity index (χ3v) is 7.63. The second-order valence-corrected chi connectivity index (χ2v) is 10.0. The van der Waals surface area contributed by atoms with E-state index in [0.717, 1.165) is 25.0 Å². The third kappa shape index (κ3) is 2.97. The highest BCUT2D eigenvalue weighted by molar-refractivity contribution is 5.76. The van der Waals surface area contributed by atoms with Crippen molar-refractivity contribution in [3.63, 3.8) is 0 Å². The molecule has 3 aliphatic rings. The lowest BCUT2D eigenvalue weighted by atomic mass is 9.59. The maximum Gasteiger partial charge on any atom is 0.220 e. The number of hydrogen-bond acceptors (Lipinski definition) is 3. The number of amides is 1. The normalized spacial score (nSPS) is 36.6. The van der Waals surface area contributed by atoms with Gasteiger partial charge < -0.3 is 15.2 Å². The lowest BCUT2D eigenvalue weighted by Gasteiger charge is -2.53. The number of aromatic hydroxyl groups is 1. The molecule has 0 aromatic heterocycles. The summed E-state index contributed by atoms with van der Waals surface area (Å²) in [4.78, 5) is 12.7. The van der Waals surface area contributed by atoms with Gasteiger partial charge in [0.15, 0.2) is 0 Å². The van der Waals surface area contributed by atoms with Gasteiger partial charge in [-0.25, -0.2) is 0 Å². The van der Waals surface area contributed by atoms with Crippen LogP contribution in [0.4, 0.5) is 0 Å². The van der Waals surface area contributed by atoms with Gasteiger partial charge in [-0.05, 0) is 65.5 Å². The van der Waals surface area contributed by atoms with Crippen LogP contribution in [0.1, 0.15) is 65.0 Å². The number of rotatable bonds is 4. The Kier molecular flexibility index (Phi) is 4.53. The number of hydrogen-bond donors (Lipinski definition) is 2. The summed E-state index contributed by atoms with van der Waals surface area (Å²) in [5, 5.41) is 13.1. The fourth-order valence-corrected chi connectivity index (χ4v) is 6.37. The van der Waals surface area contributed by atoms with Crippen molar-refractivity contribution in [1.82, 2.24) is 5.32 Å². The van der Waals surface area contributed by atoms with E-state index >= 15 is 0 Å². The number of phenolic OH excluding ortho intramolecular Hbond substituents is 1. The minimum Gasteiger partial charge on any atom is -0.508 e. The van der Waals surface area contributed by atoms with Gasteiger partial charge in [0.2, 0.25) is 5.91 Å². The maximum absolute atomic E-state index is 12.7. The van der Waals surface area contributed by atoms with Crippen molar-refractivity contribution in [1.29, 1.82) is 0 Å². The molecule has 5 atom stereocenters. The Balaban J connectivity index is 1.64. The molecule has 3 fully saturated rings. The van der Waals surface area contributed by atoms with Crippen LogP contribution in [-0.2, 0) is 9.53 Å². The summed E-state index contributed by atoms with van der Waals surface area (Å²) in [5.41, 5.74) is 1.40. The molecular formula is C23H33NO3. The molecule has 1 amide bonds. The van der Waals surface area contributed by atoms with Gasteiger partial charge in [-0.15, -0.1) is 0 Å². The van der Waals surface area contributed by atoms with E-state index in [0.29, 0.717) is 24.2 Å². The standard InChI is InChI=1S/C23H33NO3/c1-14(2)11-19(26)24-21-22(3,4)16-12-18-20(15-5-7-17(25)8-6-15)27-10-9-23(18,21)13-16/h5-8,14,16,18,20-21,25H,9-13H2,1-4H3,(H,24,26)/t16-,18-,20-,21+,23?/m1/s1. The van der Waals surface area contributed by atoms with E-state index in [-0.39, 0.29) is 34.6 Å². The summed E-state index contributed by atoms with van der Waals surface area (Å²) in [6.07, 6.45) is 4.03. The van der Waals surface area contributed by atoms with Crippen molar-refractivity contribution >= 4 is 5.91 Å². The SMILES string of the molecule is CC(C)CC(=O)N[C@H]1C(C)(C)[C@@H]2C[C@@H]3[C@@H](c4ccc(O)cc4)OCCC31C2. The fourth-order valence-electron chi connectivity index (χ4n) is 6.37. The van der Waals surface area contributed by atoms with Gasteiger partial charge in [-0.3, -0.25) is 4.79 Å². The monoisotopic (exact) mass is 371 g/mol. The van der Waals surface area contributed by atoms with Crippen LogP contribution in [0.25, 0.3) is 0 Å². The molecule has 1 unspecified atom stereocenters. The van der Waals surface area contributed by atoms with E-state index < -0.39 is 0 Å². The Morgan fingerprint density at radius 1 is 1.30 bits per heavy atom. The first-order valence-electron chi connectivity index (χ1n) is 10.4. The van der Waals surface area contributed by atoms with Gasteiger partial charge in [0.1, 0.15) is 5.75 Å². The maximum atomic E-state index is 12.7. The van der Waals surface area contributed by atoms with E-state index in [1.165, 1.54) is 6.42 Å². The number of ether oxygens (including phenoxy) is 1. The average molecular weight is 372 g/mol. The molecule has 1 aromatic rings. The van der Waals surface area contributed by atoms with Crippen molar-refractivity contribution < 1.29 is 14.6 Å². The van der Waals surface area contributed by atoms with Gasteiger partial charge in [0.25, 0.3) is 0 Å². The molecule has 1 saturated heterocycles. The van der Waals surface area contributed by atoms with Crippen LogP contribution in [-0.4, -0.2) is 23.7 Å². The molecule has 4 nitrogen and oxygen atoms in total. The van der Waals surface area contributed by atoms with E-state index in [4.69, 9.17) is 4.74 Å². The molecule has 27 heavy (non-hydrogen) atoms. The zero-order valence-corrected chi connectivity index (χ0v) is 17.0. The Hall–Kier alpha value is -1.55. The average Bonchev–Trinajstić information content (AvgIpc) is 3.08. The quantitative estimate of drug-likeness (QED) is 0.823. The number of fused-ring (bicyclic) bond motifs is 1. The molecule has 4 rings (SSSR count). The number of nitrogens with one attached hydrogen (secondary N) is 1. The minimum absolute atomic E-state index is 0.0601. The molecule has 4 heteroatoms. The number of phenols is 1. The third-order valence-electron chi connectivity index (χ3n) is 7.63. The van der Waals surface area contributed by atoms with Crippen LogP contribution < -0.4 is 5.32 Å². The second-order valence-electron chi connectivity index (χ2n) is 10.0. The molecule has 2 N–H and O–H groups in total. The predicted molar refractivity (Wildman–Crippen MR) is 105 cm³/mol. The summed E-state index contributed by atoms with van der Waals surface area (Å²) in [6.45, 7) is 9.62. The Bertz CT molecular complexity index is 711. The van der Waals surface area contributed by atoms with Gasteiger partial charge in [0, 0.05) is 19.1 Å². The first-order valence-corrected chi connectivity index (χ1v) is 10.4. The van der Waals surface area contributed by atoms with Crippen LogP contribution in [0.5, 0.6) is 5.75 Å². The predicted octanol–water partition coefficient (Wildman–Crippen LogP) is 4.44. The van der Waals surface area contributed by atoms with Crippen LogP contribution in [0.3, 0.4) is 0 Å². The summed E-state index contributed by atoms with van der Waals surface area (Å²) in [7, 11) is 0. The summed E-state index contributed by atoms with van der Waals surface area (Å²) in [6, 6.07) is 7.69. The van der Waals surface area contributed by atoms with E-state index in [1.807, 2.05) is 12.1 Å². The van der Waals surface area contributed by atoms with Crippen LogP contribution in [0.15, 0.2) is 24.3 Å². The van der Waals surface area contributed by atoms with E-state index in [2.05, 4.69) is 33.0 Å². The summed E-state index contributed by atoms with van der Waals surface area (Å²) < 4.78 is 6.26. The zero-order chi connectivity index (χ0) is 19.4. The Morgan fingerprint density at radius 2 is 2.00 bits per heavy atom. The largest absolute Gasteiger partial charge is 0.508 e. The Labute approximate surface area is 162 Å². The topological polar surface area (TPSA) is 58.6 Å². The molecular weight excluding hydrogens is 338 g/mol.